The Morgan fingerprint density at radius 1 is 1.08 bits per heavy atom. The van der Waals surface area contributed by atoms with Crippen LogP contribution in [0.2, 0.25) is 0 Å². The van der Waals surface area contributed by atoms with Crippen LogP contribution in [0.3, 0.4) is 0 Å². The van der Waals surface area contributed by atoms with Crippen molar-refractivity contribution in [2.24, 2.45) is 0 Å². The normalized spacial score (nSPS) is 15.3. The molecule has 25 heavy (non-hydrogen) atoms. The quantitative estimate of drug-likeness (QED) is 0.465. The van der Waals surface area contributed by atoms with Gasteiger partial charge in [-0.25, -0.2) is 4.98 Å². The minimum absolute atomic E-state index is 0.0677. The van der Waals surface area contributed by atoms with E-state index < -0.39 is 0 Å². The number of fused-ring (bicyclic) bond motifs is 5. The van der Waals surface area contributed by atoms with E-state index in [1.807, 2.05) is 18.2 Å². The lowest BCUT2D eigenvalue weighted by atomic mass is 10.0. The fourth-order valence-electron chi connectivity index (χ4n) is 3.78. The van der Waals surface area contributed by atoms with E-state index >= 15 is 0 Å². The minimum atomic E-state index is -0.249. The Balaban J connectivity index is 1.73. The molecule has 0 unspecified atom stereocenters. The Morgan fingerprint density at radius 2 is 1.96 bits per heavy atom. The van der Waals surface area contributed by atoms with Gasteiger partial charge in [-0.1, -0.05) is 11.6 Å². The van der Waals surface area contributed by atoms with E-state index in [1.54, 1.807) is 4.57 Å². The highest BCUT2D eigenvalue weighted by molar-refractivity contribution is 5.84. The second-order valence-corrected chi connectivity index (χ2v) is 6.78. The Morgan fingerprint density at radius 3 is 2.84 bits per heavy atom. The van der Waals surface area contributed by atoms with Gasteiger partial charge in [-0.15, -0.1) is 0 Å². The van der Waals surface area contributed by atoms with E-state index in [4.69, 9.17) is 9.72 Å². The van der Waals surface area contributed by atoms with E-state index in [-0.39, 0.29) is 18.1 Å². The smallest absolute Gasteiger partial charge is 0.306 e. The molecule has 0 fully saturated rings. The predicted octanol–water partition coefficient (Wildman–Crippen LogP) is 2.72. The summed E-state index contributed by atoms with van der Waals surface area (Å²) in [7, 11) is 0. The lowest BCUT2D eigenvalue weighted by Crippen LogP contribution is -2.24. The van der Waals surface area contributed by atoms with Crippen LogP contribution in [-0.2, 0) is 29.1 Å². The molecule has 0 radical (unpaired) electrons. The van der Waals surface area contributed by atoms with Crippen molar-refractivity contribution < 1.29 is 9.53 Å². The summed E-state index contributed by atoms with van der Waals surface area (Å²) in [6, 6.07) is 10.3. The molecule has 3 aromatic rings. The number of carbonyl (C=O) groups excluding carboxylic acids is 1. The number of nitrogens with zero attached hydrogens (tertiary/aromatic N) is 2. The molecule has 0 amide bonds. The zero-order chi connectivity index (χ0) is 17.1. The summed E-state index contributed by atoms with van der Waals surface area (Å²) >= 11 is 0. The molecule has 0 N–H and O–H groups in total. The third-order valence-electron chi connectivity index (χ3n) is 5.09. The maximum Gasteiger partial charge on any atom is 0.306 e. The number of cyclic esters (lactones) is 1. The number of aryl methyl sites for hydroxylation is 2. The molecule has 2 aliphatic rings. The van der Waals surface area contributed by atoms with Gasteiger partial charge >= 0.3 is 5.97 Å². The van der Waals surface area contributed by atoms with Gasteiger partial charge < -0.3 is 9.30 Å². The van der Waals surface area contributed by atoms with E-state index in [0.29, 0.717) is 24.9 Å². The summed E-state index contributed by atoms with van der Waals surface area (Å²) in [5.74, 6) is -0.249. The summed E-state index contributed by atoms with van der Waals surface area (Å²) < 4.78 is 6.91. The Hall–Kier alpha value is -2.95. The summed E-state index contributed by atoms with van der Waals surface area (Å²) in [5, 5.41) is 1.09. The van der Waals surface area contributed by atoms with Crippen molar-refractivity contribution in [1.29, 1.82) is 0 Å². The number of hydrogen-bond donors (Lipinski definition) is 0. The van der Waals surface area contributed by atoms with Crippen molar-refractivity contribution in [3.8, 4) is 11.4 Å². The number of benzene rings is 1. The third kappa shape index (κ3) is 2.12. The van der Waals surface area contributed by atoms with Crippen LogP contribution in [0.15, 0.2) is 35.1 Å². The molecule has 1 aromatic carbocycles. The van der Waals surface area contributed by atoms with Crippen molar-refractivity contribution in [3.05, 3.63) is 62.9 Å². The highest BCUT2D eigenvalue weighted by atomic mass is 16.5. The number of esters is 1. The fourth-order valence-corrected chi connectivity index (χ4v) is 3.78. The van der Waals surface area contributed by atoms with Crippen molar-refractivity contribution in [1.82, 2.24) is 9.55 Å². The van der Waals surface area contributed by atoms with Gasteiger partial charge in [0.25, 0.3) is 5.56 Å². The van der Waals surface area contributed by atoms with Crippen LogP contribution in [0.1, 0.15) is 28.7 Å². The van der Waals surface area contributed by atoms with Crippen LogP contribution in [0.4, 0.5) is 0 Å². The average molecular weight is 332 g/mol. The molecule has 0 atom stereocenters. The summed E-state index contributed by atoms with van der Waals surface area (Å²) in [6.45, 7) is 2.64. The van der Waals surface area contributed by atoms with Gasteiger partial charge in [0.2, 0.25) is 0 Å². The largest absolute Gasteiger partial charge is 0.461 e. The maximum absolute atomic E-state index is 12.9. The molecular formula is C20H16N2O3. The first-order valence-corrected chi connectivity index (χ1v) is 8.42. The molecule has 4 heterocycles. The minimum Gasteiger partial charge on any atom is -0.461 e. The van der Waals surface area contributed by atoms with Crippen LogP contribution in [-0.4, -0.2) is 15.5 Å². The second-order valence-electron chi connectivity index (χ2n) is 6.78. The monoisotopic (exact) mass is 332 g/mol. The van der Waals surface area contributed by atoms with E-state index in [1.165, 1.54) is 5.56 Å². The van der Waals surface area contributed by atoms with Crippen molar-refractivity contribution in [3.63, 3.8) is 0 Å². The van der Waals surface area contributed by atoms with E-state index in [9.17, 15) is 9.59 Å². The highest BCUT2D eigenvalue weighted by Gasteiger charge is 2.26. The number of ether oxygens (including phenoxy) is 1. The molecule has 5 heteroatoms. The van der Waals surface area contributed by atoms with Crippen LogP contribution >= 0.6 is 0 Å². The zero-order valence-corrected chi connectivity index (χ0v) is 13.8. The summed E-state index contributed by atoms with van der Waals surface area (Å²) in [5.41, 5.74) is 6.33. The lowest BCUT2D eigenvalue weighted by molar-refractivity contribution is -0.144. The van der Waals surface area contributed by atoms with Gasteiger partial charge in [-0.05, 0) is 43.2 Å². The summed E-state index contributed by atoms with van der Waals surface area (Å²) in [6.07, 6.45) is 0.854. The topological polar surface area (TPSA) is 61.2 Å². The van der Waals surface area contributed by atoms with Gasteiger partial charge in [0.1, 0.15) is 6.61 Å². The summed E-state index contributed by atoms with van der Waals surface area (Å²) in [4.78, 5) is 29.3. The number of rotatable bonds is 0. The fraction of sp³-hybridized carbons (Fsp3) is 0.250. The molecule has 0 bridgehead atoms. The van der Waals surface area contributed by atoms with Gasteiger partial charge in [0.05, 0.1) is 29.0 Å². The number of carbonyl (C=O) groups is 1. The average Bonchev–Trinajstić information content (AvgIpc) is 2.83. The maximum atomic E-state index is 12.9. The van der Waals surface area contributed by atoms with Gasteiger partial charge in [-0.3, -0.25) is 9.59 Å². The molecule has 0 saturated heterocycles. The molecule has 2 aromatic heterocycles. The molecule has 5 rings (SSSR count). The lowest BCUT2D eigenvalue weighted by Gasteiger charge is -2.09. The van der Waals surface area contributed by atoms with Crippen LogP contribution in [0.25, 0.3) is 22.3 Å². The Labute approximate surface area is 143 Å². The third-order valence-corrected chi connectivity index (χ3v) is 5.09. The molecular weight excluding hydrogens is 316 g/mol. The molecule has 2 aliphatic heterocycles. The predicted molar refractivity (Wildman–Crippen MR) is 93.4 cm³/mol. The standard InChI is InChI=1S/C20H16N2O3/c1-11-2-4-16-13(6-11)7-14-9-22-17(19(14)21-16)8-12-3-5-18(23)25-10-15(12)20(22)24/h2,4,6-8H,3,5,9-10H2,1H3. The first kappa shape index (κ1) is 14.4. The molecule has 0 saturated carbocycles. The van der Waals surface area contributed by atoms with Crippen LogP contribution < -0.4 is 5.56 Å². The number of pyridine rings is 2. The zero-order valence-electron chi connectivity index (χ0n) is 13.8. The molecule has 0 spiro atoms. The second kappa shape index (κ2) is 5.02. The van der Waals surface area contributed by atoms with Gasteiger partial charge in [-0.2, -0.15) is 0 Å². The van der Waals surface area contributed by atoms with E-state index in [2.05, 4.69) is 19.1 Å². The van der Waals surface area contributed by atoms with Crippen molar-refractivity contribution >= 4 is 16.9 Å². The molecule has 5 nitrogen and oxygen atoms in total. The Kier molecular flexibility index (Phi) is 2.89. The SMILES string of the molecule is Cc1ccc2nc3c(cc2c1)Cn1c-3cc2c(c1=O)COC(=O)CC2. The first-order chi connectivity index (χ1) is 12.1. The van der Waals surface area contributed by atoms with Crippen molar-refractivity contribution in [2.75, 3.05) is 0 Å². The van der Waals surface area contributed by atoms with Crippen molar-refractivity contribution in [2.45, 2.75) is 32.9 Å². The Bertz CT molecular complexity index is 1130. The number of hydrogen-bond acceptors (Lipinski definition) is 4. The number of aromatic nitrogens is 2. The molecule has 124 valence electrons. The van der Waals surface area contributed by atoms with Gasteiger partial charge in [0, 0.05) is 17.4 Å². The van der Waals surface area contributed by atoms with E-state index in [0.717, 1.165) is 33.4 Å². The van der Waals surface area contributed by atoms with Crippen LogP contribution in [0.5, 0.6) is 0 Å². The molecule has 0 aliphatic carbocycles. The van der Waals surface area contributed by atoms with Gasteiger partial charge in [0.15, 0.2) is 0 Å². The first-order valence-electron chi connectivity index (χ1n) is 8.42. The van der Waals surface area contributed by atoms with Crippen LogP contribution in [0, 0.1) is 6.92 Å². The highest BCUT2D eigenvalue weighted by Crippen LogP contribution is 2.33.